The van der Waals surface area contributed by atoms with E-state index in [2.05, 4.69) is 88.4 Å². The molecule has 0 atom stereocenters. The summed E-state index contributed by atoms with van der Waals surface area (Å²) in [6.07, 6.45) is 4.29. The van der Waals surface area contributed by atoms with Crippen LogP contribution in [0.5, 0.6) is 0 Å². The van der Waals surface area contributed by atoms with Crippen LogP contribution < -0.4 is 0 Å². The smallest absolute Gasteiger partial charge is 0.0159 e. The molecule has 0 aromatic heterocycles. The fourth-order valence-corrected chi connectivity index (χ4v) is 4.08. The molecule has 0 saturated carbocycles. The molecule has 0 heterocycles. The van der Waals surface area contributed by atoms with Crippen LogP contribution >= 0.6 is 0 Å². The second-order valence-electron chi connectivity index (χ2n) is 7.09. The number of benzene rings is 3. The predicted molar refractivity (Wildman–Crippen MR) is 101 cm³/mol. The minimum absolute atomic E-state index is 0.0526. The first-order chi connectivity index (χ1) is 11.0. The largest absolute Gasteiger partial charge is 0.0871 e. The van der Waals surface area contributed by atoms with E-state index in [1.165, 1.54) is 44.2 Å². The number of aryl methyl sites for hydroxylation is 1. The van der Waals surface area contributed by atoms with Gasteiger partial charge in [-0.05, 0) is 58.0 Å². The highest BCUT2D eigenvalue weighted by atomic mass is 14.4. The molecule has 0 fully saturated rings. The topological polar surface area (TPSA) is 0 Å². The van der Waals surface area contributed by atoms with Crippen LogP contribution in [0.25, 0.3) is 28.0 Å². The molecule has 0 heteroatoms. The Bertz CT molecular complexity index is 955. The van der Waals surface area contributed by atoms with Gasteiger partial charge in [0.1, 0.15) is 0 Å². The van der Waals surface area contributed by atoms with E-state index in [4.69, 9.17) is 0 Å². The van der Waals surface area contributed by atoms with Crippen molar-refractivity contribution in [1.82, 2.24) is 0 Å². The summed E-state index contributed by atoms with van der Waals surface area (Å²) in [6, 6.07) is 18.1. The Morgan fingerprint density at radius 2 is 1.61 bits per heavy atom. The van der Waals surface area contributed by atoms with Gasteiger partial charge in [-0.3, -0.25) is 0 Å². The molecule has 0 nitrogen and oxygen atoms in total. The van der Waals surface area contributed by atoms with Crippen molar-refractivity contribution in [2.45, 2.75) is 33.1 Å². The first-order valence-electron chi connectivity index (χ1n) is 8.34. The first kappa shape index (κ1) is 14.3. The van der Waals surface area contributed by atoms with Crippen LogP contribution in [0.4, 0.5) is 0 Å². The molecule has 114 valence electrons. The van der Waals surface area contributed by atoms with Gasteiger partial charge in [0, 0.05) is 5.41 Å². The fraction of sp³-hybridized carbons (Fsp3) is 0.217. The lowest BCUT2D eigenvalue weighted by atomic mass is 9.81. The van der Waals surface area contributed by atoms with E-state index >= 15 is 0 Å². The van der Waals surface area contributed by atoms with Crippen molar-refractivity contribution in [3.63, 3.8) is 0 Å². The van der Waals surface area contributed by atoms with Crippen molar-refractivity contribution in [3.8, 4) is 11.1 Å². The SMILES string of the molecule is CC=Cc1ccc2c(c1)C(C)(C)c1cc(C)c3ccccc3c1-2. The molecule has 3 aromatic carbocycles. The third-order valence-corrected chi connectivity index (χ3v) is 5.27. The van der Waals surface area contributed by atoms with E-state index in [9.17, 15) is 0 Å². The molecule has 4 rings (SSSR count). The molecule has 0 bridgehead atoms. The van der Waals surface area contributed by atoms with Crippen LogP contribution in [0.1, 0.15) is 43.0 Å². The summed E-state index contributed by atoms with van der Waals surface area (Å²) >= 11 is 0. The molecule has 0 aliphatic heterocycles. The zero-order chi connectivity index (χ0) is 16.2. The molecule has 0 spiro atoms. The van der Waals surface area contributed by atoms with Gasteiger partial charge in [0.15, 0.2) is 0 Å². The van der Waals surface area contributed by atoms with Crippen molar-refractivity contribution in [3.05, 3.63) is 76.9 Å². The van der Waals surface area contributed by atoms with E-state index in [-0.39, 0.29) is 5.41 Å². The van der Waals surface area contributed by atoms with Gasteiger partial charge in [0.2, 0.25) is 0 Å². The average Bonchev–Trinajstić information content (AvgIpc) is 2.76. The van der Waals surface area contributed by atoms with Gasteiger partial charge >= 0.3 is 0 Å². The van der Waals surface area contributed by atoms with E-state index < -0.39 is 0 Å². The van der Waals surface area contributed by atoms with Crippen molar-refractivity contribution in [2.24, 2.45) is 0 Å². The van der Waals surface area contributed by atoms with Gasteiger partial charge in [-0.1, -0.05) is 74.5 Å². The third-order valence-electron chi connectivity index (χ3n) is 5.27. The highest BCUT2D eigenvalue weighted by molar-refractivity contribution is 6.03. The lowest BCUT2D eigenvalue weighted by Gasteiger charge is -2.22. The molecule has 0 radical (unpaired) electrons. The number of hydrogen-bond acceptors (Lipinski definition) is 0. The van der Waals surface area contributed by atoms with Crippen molar-refractivity contribution in [1.29, 1.82) is 0 Å². The zero-order valence-electron chi connectivity index (χ0n) is 14.3. The second-order valence-corrected chi connectivity index (χ2v) is 7.09. The Morgan fingerprint density at radius 1 is 0.870 bits per heavy atom. The highest BCUT2D eigenvalue weighted by Crippen LogP contribution is 2.52. The Balaban J connectivity index is 2.12. The Kier molecular flexibility index (Phi) is 2.99. The van der Waals surface area contributed by atoms with Crippen LogP contribution in [0.3, 0.4) is 0 Å². The summed E-state index contributed by atoms with van der Waals surface area (Å²) in [4.78, 5) is 0. The lowest BCUT2D eigenvalue weighted by molar-refractivity contribution is 0.660. The van der Waals surface area contributed by atoms with Crippen molar-refractivity contribution >= 4 is 16.8 Å². The van der Waals surface area contributed by atoms with Gasteiger partial charge in [0.05, 0.1) is 0 Å². The molecule has 3 aromatic rings. The first-order valence-corrected chi connectivity index (χ1v) is 8.34. The van der Waals surface area contributed by atoms with Crippen LogP contribution in [-0.2, 0) is 5.41 Å². The minimum atomic E-state index is 0.0526. The maximum absolute atomic E-state index is 2.40. The summed E-state index contributed by atoms with van der Waals surface area (Å²) in [7, 11) is 0. The standard InChI is InChI=1S/C23H22/c1-5-8-16-11-12-19-20(14-16)23(3,4)21-13-15(2)17-9-6-7-10-18(17)22(19)21/h5-14H,1-4H3. The summed E-state index contributed by atoms with van der Waals surface area (Å²) in [6.45, 7) is 9.01. The fourth-order valence-electron chi connectivity index (χ4n) is 4.08. The maximum atomic E-state index is 2.40. The monoisotopic (exact) mass is 298 g/mol. The summed E-state index contributed by atoms with van der Waals surface area (Å²) in [5.41, 5.74) is 8.44. The molecule has 1 aliphatic carbocycles. The second kappa shape index (κ2) is 4.83. The van der Waals surface area contributed by atoms with Crippen LogP contribution in [0.15, 0.2) is 54.6 Å². The van der Waals surface area contributed by atoms with Crippen LogP contribution in [0, 0.1) is 6.92 Å². The predicted octanol–water partition coefficient (Wildman–Crippen LogP) is 6.49. The zero-order valence-corrected chi connectivity index (χ0v) is 14.3. The number of hydrogen-bond donors (Lipinski definition) is 0. The van der Waals surface area contributed by atoms with Gasteiger partial charge in [0.25, 0.3) is 0 Å². The quantitative estimate of drug-likeness (QED) is 0.482. The Hall–Kier alpha value is -2.34. The summed E-state index contributed by atoms with van der Waals surface area (Å²) in [5.74, 6) is 0. The number of rotatable bonds is 1. The van der Waals surface area contributed by atoms with Gasteiger partial charge < -0.3 is 0 Å². The normalized spacial score (nSPS) is 15.1. The van der Waals surface area contributed by atoms with E-state index in [1.807, 2.05) is 0 Å². The van der Waals surface area contributed by atoms with Crippen LogP contribution in [0.2, 0.25) is 0 Å². The van der Waals surface area contributed by atoms with Gasteiger partial charge in [-0.25, -0.2) is 0 Å². The van der Waals surface area contributed by atoms with Crippen LogP contribution in [-0.4, -0.2) is 0 Å². The Morgan fingerprint density at radius 3 is 2.35 bits per heavy atom. The molecular formula is C23H22. The van der Waals surface area contributed by atoms with E-state index in [0.29, 0.717) is 0 Å². The van der Waals surface area contributed by atoms with Gasteiger partial charge in [-0.2, -0.15) is 0 Å². The minimum Gasteiger partial charge on any atom is -0.0871 e. The van der Waals surface area contributed by atoms with Crippen molar-refractivity contribution in [2.75, 3.05) is 0 Å². The van der Waals surface area contributed by atoms with E-state index in [0.717, 1.165) is 0 Å². The summed E-state index contributed by atoms with van der Waals surface area (Å²) < 4.78 is 0. The molecule has 23 heavy (non-hydrogen) atoms. The molecule has 0 amide bonds. The lowest BCUT2D eigenvalue weighted by Crippen LogP contribution is -2.15. The molecular weight excluding hydrogens is 276 g/mol. The van der Waals surface area contributed by atoms with E-state index in [1.54, 1.807) is 0 Å². The molecule has 1 aliphatic rings. The highest BCUT2D eigenvalue weighted by Gasteiger charge is 2.36. The van der Waals surface area contributed by atoms with Crippen molar-refractivity contribution < 1.29 is 0 Å². The average molecular weight is 298 g/mol. The maximum Gasteiger partial charge on any atom is 0.0159 e. The molecule has 0 saturated heterocycles. The number of fused-ring (bicyclic) bond motifs is 5. The Labute approximate surface area is 138 Å². The molecule has 0 N–H and O–H groups in total. The van der Waals surface area contributed by atoms with Gasteiger partial charge in [-0.15, -0.1) is 0 Å². The molecule has 0 unspecified atom stereocenters. The third kappa shape index (κ3) is 1.91. The number of allylic oxidation sites excluding steroid dienone is 1. The summed E-state index contributed by atoms with van der Waals surface area (Å²) in [5, 5.41) is 2.75.